The van der Waals surface area contributed by atoms with Crippen LogP contribution in [0.1, 0.15) is 29.7 Å². The number of hydrogen-bond acceptors (Lipinski definition) is 2. The molecule has 0 bridgehead atoms. The third-order valence-corrected chi connectivity index (χ3v) is 5.70. The Morgan fingerprint density at radius 1 is 1.19 bits per heavy atom. The lowest BCUT2D eigenvalue weighted by molar-refractivity contribution is -0.345. The zero-order valence-corrected chi connectivity index (χ0v) is 16.1. The van der Waals surface area contributed by atoms with E-state index in [0.29, 0.717) is 28.5 Å². The van der Waals surface area contributed by atoms with Crippen LogP contribution in [0, 0.1) is 11.3 Å². The van der Waals surface area contributed by atoms with E-state index in [4.69, 9.17) is 9.69 Å². The maximum absolute atomic E-state index is 14.9. The predicted octanol–water partition coefficient (Wildman–Crippen LogP) is 5.62. The highest BCUT2D eigenvalue weighted by molar-refractivity contribution is 6.69. The zero-order valence-electron chi connectivity index (χ0n) is 15.1. The van der Waals surface area contributed by atoms with Crippen LogP contribution in [0.15, 0.2) is 18.2 Å². The largest absolute Gasteiger partial charge is 0.456 e. The van der Waals surface area contributed by atoms with Gasteiger partial charge < -0.3 is 9.41 Å². The minimum atomic E-state index is -5.75. The number of nitrogens with one attached hydrogen (secondary N) is 1. The lowest BCUT2D eigenvalue weighted by Crippen LogP contribution is -2.60. The van der Waals surface area contributed by atoms with E-state index in [1.165, 1.54) is 18.2 Å². The molecule has 27 heavy (non-hydrogen) atoms. The van der Waals surface area contributed by atoms with Gasteiger partial charge in [-0.2, -0.15) is 27.2 Å². The number of nitriles is 1. The van der Waals surface area contributed by atoms with E-state index in [2.05, 4.69) is 4.98 Å². The van der Waals surface area contributed by atoms with Crippen LogP contribution in [0.4, 0.5) is 22.0 Å². The smallest absolute Gasteiger partial charge is 0.401 e. The average molecular weight is 402 g/mol. The fourth-order valence-electron chi connectivity index (χ4n) is 3.79. The molecule has 1 N–H and O–H groups in total. The molecule has 0 spiro atoms. The molecule has 1 aromatic carbocycles. The van der Waals surface area contributed by atoms with Crippen LogP contribution in [-0.4, -0.2) is 25.4 Å². The third kappa shape index (κ3) is 3.05. The van der Waals surface area contributed by atoms with Crippen LogP contribution in [-0.2, 0) is 16.4 Å². The first-order valence-electron chi connectivity index (χ1n) is 8.52. The lowest BCUT2D eigenvalue weighted by Gasteiger charge is -2.46. The van der Waals surface area contributed by atoms with Crippen LogP contribution < -0.4 is 0 Å². The van der Waals surface area contributed by atoms with Gasteiger partial charge in [0.05, 0.1) is 17.3 Å². The summed E-state index contributed by atoms with van der Waals surface area (Å²) < 4.78 is 75.7. The van der Waals surface area contributed by atoms with Gasteiger partial charge in [-0.15, -0.1) is 0 Å². The van der Waals surface area contributed by atoms with Gasteiger partial charge in [-0.25, -0.2) is 0 Å². The topological polar surface area (TPSA) is 48.8 Å². The molecular formula is C18H19F5N2OSi. The van der Waals surface area contributed by atoms with Crippen molar-refractivity contribution in [2.24, 2.45) is 0 Å². The molecule has 0 amide bonds. The molecule has 1 atom stereocenters. The minimum absolute atomic E-state index is 0.132. The van der Waals surface area contributed by atoms with E-state index in [-0.39, 0.29) is 12.1 Å². The summed E-state index contributed by atoms with van der Waals surface area (Å²) in [5.41, 5.74) is -1.91. The van der Waals surface area contributed by atoms with Gasteiger partial charge in [-0.05, 0) is 62.7 Å². The Labute approximate surface area is 154 Å². The van der Waals surface area contributed by atoms with Crippen LogP contribution in [0.5, 0.6) is 0 Å². The Morgan fingerprint density at radius 2 is 1.85 bits per heavy atom. The molecule has 0 fully saturated rings. The molecule has 1 aliphatic rings. The highest BCUT2D eigenvalue weighted by Crippen LogP contribution is 2.56. The molecule has 3 nitrogen and oxygen atoms in total. The first-order valence-corrected chi connectivity index (χ1v) is 11.9. The molecule has 1 aliphatic carbocycles. The van der Waals surface area contributed by atoms with Gasteiger partial charge in [0, 0.05) is 10.9 Å². The van der Waals surface area contributed by atoms with Crippen molar-refractivity contribution < 1.29 is 26.4 Å². The number of hydrogen-bond donors (Lipinski definition) is 1. The van der Waals surface area contributed by atoms with Crippen LogP contribution in [0.2, 0.25) is 19.6 Å². The highest BCUT2D eigenvalue weighted by atomic mass is 28.4. The highest BCUT2D eigenvalue weighted by Gasteiger charge is 2.73. The van der Waals surface area contributed by atoms with E-state index in [1.54, 1.807) is 19.6 Å². The number of nitrogens with zero attached hydrogens (tertiary/aromatic N) is 1. The summed E-state index contributed by atoms with van der Waals surface area (Å²) in [7, 11) is -2.79. The molecule has 2 aromatic rings. The van der Waals surface area contributed by atoms with Crippen molar-refractivity contribution in [3.8, 4) is 6.07 Å². The Bertz CT molecular complexity index is 923. The summed E-state index contributed by atoms with van der Waals surface area (Å²) in [5.74, 6) is -5.06. The normalized spacial score (nSPS) is 21.1. The fourth-order valence-corrected chi connectivity index (χ4v) is 5.17. The number of aromatic amines is 1. The molecular weight excluding hydrogens is 383 g/mol. The van der Waals surface area contributed by atoms with E-state index >= 15 is 0 Å². The summed E-state index contributed by atoms with van der Waals surface area (Å²) in [6, 6.07) is 6.50. The minimum Gasteiger partial charge on any atom is -0.401 e. The van der Waals surface area contributed by atoms with Crippen molar-refractivity contribution in [2.45, 2.75) is 56.6 Å². The molecule has 1 heterocycles. The second-order valence-corrected chi connectivity index (χ2v) is 12.2. The Hall–Kier alpha value is -1.92. The maximum Gasteiger partial charge on any atom is 0.456 e. The van der Waals surface area contributed by atoms with Gasteiger partial charge in [-0.1, -0.05) is 0 Å². The van der Waals surface area contributed by atoms with Crippen molar-refractivity contribution in [1.29, 1.82) is 5.26 Å². The number of alkyl halides is 5. The van der Waals surface area contributed by atoms with Gasteiger partial charge >= 0.3 is 12.1 Å². The molecule has 3 rings (SSSR count). The van der Waals surface area contributed by atoms with Crippen LogP contribution in [0.3, 0.4) is 0 Å². The lowest BCUT2D eigenvalue weighted by atomic mass is 9.78. The number of aryl methyl sites for hydroxylation is 1. The fraction of sp³-hybridized carbons (Fsp3) is 0.500. The van der Waals surface area contributed by atoms with Crippen molar-refractivity contribution in [2.75, 3.05) is 0 Å². The van der Waals surface area contributed by atoms with Crippen molar-refractivity contribution >= 4 is 19.2 Å². The summed E-state index contributed by atoms with van der Waals surface area (Å²) in [4.78, 5) is 2.77. The quantitative estimate of drug-likeness (QED) is 0.535. The van der Waals surface area contributed by atoms with E-state index in [0.717, 1.165) is 0 Å². The third-order valence-electron chi connectivity index (χ3n) is 4.74. The second kappa shape index (κ2) is 6.04. The van der Waals surface area contributed by atoms with Crippen LogP contribution >= 0.6 is 0 Å². The Morgan fingerprint density at radius 3 is 2.41 bits per heavy atom. The molecule has 9 heteroatoms. The molecule has 0 radical (unpaired) electrons. The van der Waals surface area contributed by atoms with Crippen molar-refractivity contribution in [1.82, 2.24) is 4.98 Å². The van der Waals surface area contributed by atoms with Crippen molar-refractivity contribution in [3.63, 3.8) is 0 Å². The van der Waals surface area contributed by atoms with E-state index < -0.39 is 32.4 Å². The molecule has 1 unspecified atom stereocenters. The number of halogens is 5. The van der Waals surface area contributed by atoms with Crippen molar-refractivity contribution in [3.05, 3.63) is 35.0 Å². The number of fused-ring (bicyclic) bond motifs is 3. The predicted molar refractivity (Wildman–Crippen MR) is 93.1 cm³/mol. The summed E-state index contributed by atoms with van der Waals surface area (Å²) in [6.07, 6.45) is -5.72. The van der Waals surface area contributed by atoms with E-state index in [9.17, 15) is 22.0 Å². The molecule has 0 saturated heterocycles. The molecule has 0 aliphatic heterocycles. The summed E-state index contributed by atoms with van der Waals surface area (Å²) in [6.45, 7) is 4.77. The Kier molecular flexibility index (Phi) is 4.44. The van der Waals surface area contributed by atoms with Gasteiger partial charge in [0.15, 0.2) is 13.9 Å². The maximum atomic E-state index is 14.9. The number of benzene rings is 1. The standard InChI is InChI=1S/C18H19F5N2OSi/c1-27(2,3)26-16(17(19,20)18(21,22)23)8-4-5-12-13-9-11(10-24)6-7-14(13)25-15(12)16/h6-7,9,25H,4-5,8H2,1-3H3. The average Bonchev–Trinajstić information content (AvgIpc) is 2.91. The molecule has 0 saturated carbocycles. The zero-order chi connectivity index (χ0) is 20.3. The number of aromatic nitrogens is 1. The van der Waals surface area contributed by atoms with Gasteiger partial charge in [0.2, 0.25) is 0 Å². The summed E-state index contributed by atoms with van der Waals surface area (Å²) in [5, 5.41) is 9.57. The van der Waals surface area contributed by atoms with Gasteiger partial charge in [0.1, 0.15) is 0 Å². The van der Waals surface area contributed by atoms with E-state index in [1.807, 2.05) is 6.07 Å². The molecule has 1 aromatic heterocycles. The first-order chi connectivity index (χ1) is 12.3. The first kappa shape index (κ1) is 19.8. The van der Waals surface area contributed by atoms with Gasteiger partial charge in [0.25, 0.3) is 0 Å². The molecule has 146 valence electrons. The monoisotopic (exact) mass is 402 g/mol. The number of rotatable bonds is 3. The summed E-state index contributed by atoms with van der Waals surface area (Å²) >= 11 is 0. The van der Waals surface area contributed by atoms with Gasteiger partial charge in [-0.3, -0.25) is 0 Å². The van der Waals surface area contributed by atoms with Crippen LogP contribution in [0.25, 0.3) is 10.9 Å². The Balaban J connectivity index is 2.34. The second-order valence-electron chi connectivity index (χ2n) is 7.82. The SMILES string of the molecule is C[Si](C)(C)OC1(C(F)(F)C(F)(F)F)CCCc2c1[nH]c1ccc(C#N)cc21. The number of H-pyrrole nitrogens is 1.